The number of likely N-dealkylation sites (tertiary alicyclic amines) is 1. The Morgan fingerprint density at radius 2 is 1.89 bits per heavy atom. The molecule has 3 heterocycles. The Kier molecular flexibility index (Phi) is 8.17. The molecule has 1 unspecified atom stereocenters. The van der Waals surface area contributed by atoms with Gasteiger partial charge in [-0.25, -0.2) is 0 Å². The molecule has 2 aliphatic heterocycles. The number of aromatic nitrogens is 2. The molecule has 4 rings (SSSR count). The molecule has 35 heavy (non-hydrogen) atoms. The smallest absolute Gasteiger partial charge is 0.276 e. The van der Waals surface area contributed by atoms with Gasteiger partial charge < -0.3 is 15.5 Å². The molecule has 1 atom stereocenters. The molecule has 1 aromatic heterocycles. The minimum absolute atomic E-state index is 0.0753. The molecule has 0 saturated carbocycles. The number of para-hydroxylation sites is 1. The second-order valence-electron chi connectivity index (χ2n) is 9.51. The van der Waals surface area contributed by atoms with E-state index in [0.717, 1.165) is 24.3 Å². The summed E-state index contributed by atoms with van der Waals surface area (Å²) in [6.45, 7) is 5.67. The van der Waals surface area contributed by atoms with Crippen molar-refractivity contribution in [3.8, 4) is 0 Å². The predicted octanol–water partition coefficient (Wildman–Crippen LogP) is 2.33. The van der Waals surface area contributed by atoms with E-state index in [9.17, 15) is 14.4 Å². The summed E-state index contributed by atoms with van der Waals surface area (Å²) in [5, 5.41) is 10.3. The summed E-state index contributed by atoms with van der Waals surface area (Å²) < 4.78 is 1.73. The number of hydrogen-bond acceptors (Lipinski definition) is 5. The van der Waals surface area contributed by atoms with E-state index >= 15 is 0 Å². The van der Waals surface area contributed by atoms with Crippen molar-refractivity contribution in [3.05, 3.63) is 47.3 Å². The summed E-state index contributed by atoms with van der Waals surface area (Å²) >= 11 is 0. The van der Waals surface area contributed by atoms with Gasteiger partial charge in [0.1, 0.15) is 0 Å². The number of amides is 3. The van der Waals surface area contributed by atoms with E-state index in [1.807, 2.05) is 37.4 Å². The zero-order valence-corrected chi connectivity index (χ0v) is 20.8. The molecule has 9 nitrogen and oxygen atoms in total. The number of fused-ring (bicyclic) bond motifs is 1. The van der Waals surface area contributed by atoms with Crippen molar-refractivity contribution in [2.24, 2.45) is 7.05 Å². The molecule has 9 heteroatoms. The first kappa shape index (κ1) is 24.9. The van der Waals surface area contributed by atoms with E-state index in [4.69, 9.17) is 0 Å². The largest absolute Gasteiger partial charge is 0.355 e. The van der Waals surface area contributed by atoms with Crippen LogP contribution in [0.1, 0.15) is 60.8 Å². The second kappa shape index (κ2) is 11.5. The summed E-state index contributed by atoms with van der Waals surface area (Å²) in [5.74, 6) is -0.455. The van der Waals surface area contributed by atoms with Crippen LogP contribution in [0.25, 0.3) is 0 Å². The highest BCUT2D eigenvalue weighted by atomic mass is 16.2. The number of carbonyl (C=O) groups excluding carboxylic acids is 3. The lowest BCUT2D eigenvalue weighted by Gasteiger charge is -2.33. The van der Waals surface area contributed by atoms with Gasteiger partial charge in [-0.1, -0.05) is 24.6 Å². The first-order chi connectivity index (χ1) is 16.9. The van der Waals surface area contributed by atoms with Crippen molar-refractivity contribution in [1.82, 2.24) is 24.9 Å². The number of aryl methyl sites for hydroxylation is 1. The third kappa shape index (κ3) is 6.28. The highest BCUT2D eigenvalue weighted by molar-refractivity contribution is 6.04. The summed E-state index contributed by atoms with van der Waals surface area (Å²) in [6.07, 6.45) is 4.68. The predicted molar refractivity (Wildman–Crippen MR) is 134 cm³/mol. The molecule has 1 aromatic carbocycles. The maximum atomic E-state index is 12.9. The first-order valence-electron chi connectivity index (χ1n) is 12.6. The lowest BCUT2D eigenvalue weighted by molar-refractivity contribution is -0.134. The quantitative estimate of drug-likeness (QED) is 0.604. The van der Waals surface area contributed by atoms with Gasteiger partial charge in [-0.15, -0.1) is 0 Å². The molecule has 0 radical (unpaired) electrons. The number of piperidine rings is 1. The van der Waals surface area contributed by atoms with Crippen LogP contribution in [0.2, 0.25) is 0 Å². The molecular formula is C26H36N6O3. The van der Waals surface area contributed by atoms with Gasteiger partial charge >= 0.3 is 0 Å². The van der Waals surface area contributed by atoms with E-state index in [2.05, 4.69) is 27.6 Å². The molecular weight excluding hydrogens is 444 g/mol. The molecule has 2 aliphatic rings. The Morgan fingerprint density at radius 3 is 2.66 bits per heavy atom. The van der Waals surface area contributed by atoms with Crippen molar-refractivity contribution < 1.29 is 14.4 Å². The molecule has 3 amide bonds. The second-order valence-corrected chi connectivity index (χ2v) is 9.51. The average Bonchev–Trinajstić information content (AvgIpc) is 3.20. The average molecular weight is 481 g/mol. The molecule has 0 bridgehead atoms. The van der Waals surface area contributed by atoms with Gasteiger partial charge in [0.2, 0.25) is 11.8 Å². The molecule has 0 aliphatic carbocycles. The molecule has 2 aromatic rings. The van der Waals surface area contributed by atoms with E-state index in [1.54, 1.807) is 9.58 Å². The van der Waals surface area contributed by atoms with E-state index < -0.39 is 0 Å². The van der Waals surface area contributed by atoms with Crippen molar-refractivity contribution in [2.75, 3.05) is 31.5 Å². The molecule has 1 fully saturated rings. The Bertz CT molecular complexity index is 1050. The lowest BCUT2D eigenvalue weighted by atomic mass is 10.0. The first-order valence-corrected chi connectivity index (χ1v) is 12.6. The maximum absolute atomic E-state index is 12.9. The van der Waals surface area contributed by atoms with Crippen LogP contribution in [0.5, 0.6) is 0 Å². The Labute approximate surface area is 206 Å². The summed E-state index contributed by atoms with van der Waals surface area (Å²) in [6, 6.07) is 9.81. The van der Waals surface area contributed by atoms with Gasteiger partial charge in [-0.3, -0.25) is 24.0 Å². The number of rotatable bonds is 8. The van der Waals surface area contributed by atoms with Crippen molar-refractivity contribution in [3.63, 3.8) is 0 Å². The molecule has 188 valence electrons. The van der Waals surface area contributed by atoms with Gasteiger partial charge in [-0.2, -0.15) is 5.10 Å². The number of nitrogens with zero attached hydrogens (tertiary/aromatic N) is 4. The third-order valence-electron chi connectivity index (χ3n) is 7.07. The van der Waals surface area contributed by atoms with Crippen LogP contribution in [0.15, 0.2) is 30.3 Å². The van der Waals surface area contributed by atoms with E-state index in [0.29, 0.717) is 43.5 Å². The van der Waals surface area contributed by atoms with Crippen molar-refractivity contribution in [2.45, 2.75) is 58.0 Å². The summed E-state index contributed by atoms with van der Waals surface area (Å²) in [7, 11) is 1.82. The van der Waals surface area contributed by atoms with Gasteiger partial charge in [-0.05, 0) is 38.4 Å². The lowest BCUT2D eigenvalue weighted by Crippen LogP contribution is -2.42. The van der Waals surface area contributed by atoms with Crippen LogP contribution in [-0.2, 0) is 29.6 Å². The molecule has 0 spiro atoms. The highest BCUT2D eigenvalue weighted by Crippen LogP contribution is 2.24. The Balaban J connectivity index is 1.27. The van der Waals surface area contributed by atoms with Crippen LogP contribution in [0.3, 0.4) is 0 Å². The fraction of sp³-hybridized carbons (Fsp3) is 0.538. The molecule has 2 N–H and O–H groups in total. The van der Waals surface area contributed by atoms with Gasteiger partial charge in [0.15, 0.2) is 5.69 Å². The van der Waals surface area contributed by atoms with Gasteiger partial charge in [0, 0.05) is 75.5 Å². The van der Waals surface area contributed by atoms with Gasteiger partial charge in [0.05, 0.1) is 0 Å². The van der Waals surface area contributed by atoms with Crippen LogP contribution < -0.4 is 10.6 Å². The number of anilines is 1. The van der Waals surface area contributed by atoms with E-state index in [1.165, 1.54) is 19.3 Å². The summed E-state index contributed by atoms with van der Waals surface area (Å²) in [4.78, 5) is 42.2. The van der Waals surface area contributed by atoms with Crippen LogP contribution in [0, 0.1) is 0 Å². The van der Waals surface area contributed by atoms with Gasteiger partial charge in [0.25, 0.3) is 5.91 Å². The topological polar surface area (TPSA) is 99.6 Å². The van der Waals surface area contributed by atoms with Crippen molar-refractivity contribution >= 4 is 23.4 Å². The third-order valence-corrected chi connectivity index (χ3v) is 7.07. The SMILES string of the molecule is CC1CCCCN1CCNC(=O)CCC(=O)N1CCc2c(c(C(=O)Nc3ccccc3)nn2C)C1. The highest BCUT2D eigenvalue weighted by Gasteiger charge is 2.29. The Hall–Kier alpha value is -3.20. The van der Waals surface area contributed by atoms with Crippen LogP contribution in [0.4, 0.5) is 5.69 Å². The van der Waals surface area contributed by atoms with Crippen LogP contribution >= 0.6 is 0 Å². The fourth-order valence-corrected chi connectivity index (χ4v) is 5.00. The molecule has 1 saturated heterocycles. The number of hydrogen-bond donors (Lipinski definition) is 2. The minimum atomic E-state index is -0.287. The van der Waals surface area contributed by atoms with Crippen molar-refractivity contribution in [1.29, 1.82) is 0 Å². The number of nitrogens with one attached hydrogen (secondary N) is 2. The normalized spacial score (nSPS) is 18.1. The zero-order chi connectivity index (χ0) is 24.8. The zero-order valence-electron chi connectivity index (χ0n) is 20.8. The number of benzene rings is 1. The maximum Gasteiger partial charge on any atom is 0.276 e. The van der Waals surface area contributed by atoms with Crippen LogP contribution in [-0.4, -0.2) is 69.5 Å². The summed E-state index contributed by atoms with van der Waals surface area (Å²) in [5.41, 5.74) is 2.78. The monoisotopic (exact) mass is 480 g/mol. The fourth-order valence-electron chi connectivity index (χ4n) is 5.00. The standard InChI is InChI=1S/C26H36N6O3/c1-19-8-6-7-15-31(19)17-14-27-23(33)11-12-24(34)32-16-13-22-21(18-32)25(29-30(22)2)26(35)28-20-9-4-3-5-10-20/h3-5,9-10,19H,6-8,11-18H2,1-2H3,(H,27,33)(H,28,35). The Morgan fingerprint density at radius 1 is 1.09 bits per heavy atom. The van der Waals surface area contributed by atoms with E-state index in [-0.39, 0.29) is 30.6 Å². The minimum Gasteiger partial charge on any atom is -0.355 e. The number of carbonyl (C=O) groups is 3.